The van der Waals surface area contributed by atoms with Crippen molar-refractivity contribution in [2.24, 2.45) is 0 Å². The van der Waals surface area contributed by atoms with Crippen LogP contribution in [-0.4, -0.2) is 131 Å². The van der Waals surface area contributed by atoms with Crippen LogP contribution in [0.15, 0.2) is 170 Å². The van der Waals surface area contributed by atoms with Gasteiger partial charge in [0.1, 0.15) is 23.1 Å². The van der Waals surface area contributed by atoms with Gasteiger partial charge in [-0.15, -0.1) is 0 Å². The topological polar surface area (TPSA) is 237 Å². The minimum atomic E-state index is -2.92. The number of sulfone groups is 2. The first-order valence-corrected chi connectivity index (χ1v) is 33.8. The van der Waals surface area contributed by atoms with Crippen LogP contribution in [0.25, 0.3) is 22.1 Å². The van der Waals surface area contributed by atoms with Crippen LogP contribution in [0.4, 0.5) is 32.6 Å². The van der Waals surface area contributed by atoms with Crippen molar-refractivity contribution in [2.45, 2.75) is 78.3 Å². The van der Waals surface area contributed by atoms with Crippen LogP contribution < -0.4 is 30.7 Å². The highest BCUT2D eigenvalue weighted by Crippen LogP contribution is 2.33. The van der Waals surface area contributed by atoms with Crippen molar-refractivity contribution in [3.63, 3.8) is 0 Å². The number of carbonyl (C=O) groups excluding carboxylic acids is 2. The van der Waals surface area contributed by atoms with Crippen LogP contribution in [0.1, 0.15) is 75.2 Å². The lowest BCUT2D eigenvalue weighted by atomic mass is 9.92. The number of amides is 4. The molecule has 22 heteroatoms. The van der Waals surface area contributed by atoms with Crippen molar-refractivity contribution in [3.05, 3.63) is 204 Å². The third kappa shape index (κ3) is 17.7. The van der Waals surface area contributed by atoms with Crippen LogP contribution >= 0.6 is 0 Å². The van der Waals surface area contributed by atoms with Gasteiger partial charge in [0.15, 0.2) is 19.7 Å². The van der Waals surface area contributed by atoms with E-state index in [1.165, 1.54) is 0 Å². The molecule has 2 aliphatic rings. The van der Waals surface area contributed by atoms with Gasteiger partial charge >= 0.3 is 12.1 Å². The van der Waals surface area contributed by atoms with Gasteiger partial charge < -0.3 is 20.1 Å². The Morgan fingerprint density at radius 2 is 0.911 bits per heavy atom. The molecule has 4 aromatic heterocycles. The number of hydrogen-bond acceptors (Lipinski definition) is 14. The second-order valence-corrected chi connectivity index (χ2v) is 29.2. The van der Waals surface area contributed by atoms with E-state index in [4.69, 9.17) is 19.7 Å². The quantitative estimate of drug-likeness (QED) is 0.0625. The molecule has 0 aliphatic carbocycles. The minimum Gasteiger partial charge on any atom is -0.493 e. The molecule has 4 N–H and O–H groups in total. The molecule has 2 saturated heterocycles. The van der Waals surface area contributed by atoms with E-state index in [0.717, 1.165) is 80.1 Å². The first kappa shape index (κ1) is 64.0. The summed E-state index contributed by atoms with van der Waals surface area (Å²) in [5.41, 5.74) is 8.61. The molecule has 9 aromatic rings. The minimum absolute atomic E-state index is 0.200. The number of fused-ring (bicyclic) bond motifs is 1. The lowest BCUT2D eigenvalue weighted by molar-refractivity contribution is 0.261. The maximum Gasteiger partial charge on any atom is 0.324 e. The SMILES string of the molecule is CC(C)(C)c1cc(NC(=O)Nc2ccc(OCCc3ccncc3)c3ccccc23)n(-c2ccc(CN3CCS(=O)(=O)CC3)cc2)n1.CC(C)(C)c1cc(NC(=O)Nc2ccc(OCCc3ccncc3)cc2)n(-c2ccc(CN3CCS(=O)(=O)CC3)cc2)n1. The third-order valence-corrected chi connectivity index (χ3v) is 18.8. The van der Waals surface area contributed by atoms with Crippen molar-refractivity contribution in [1.29, 1.82) is 0 Å². The molecule has 4 amide bonds. The summed E-state index contributed by atoms with van der Waals surface area (Å²) in [6, 6.07) is 45.7. The molecule has 2 aliphatic heterocycles. The number of aromatic nitrogens is 6. The van der Waals surface area contributed by atoms with Gasteiger partial charge in [0.25, 0.3) is 0 Å². The second-order valence-electron chi connectivity index (χ2n) is 24.6. The summed E-state index contributed by atoms with van der Waals surface area (Å²) in [5.74, 6) is 3.38. The standard InChI is InChI=1S/C36H40N6O4S.C32H38N6O4S/c1-36(2,3)33-24-34(42(40-33)28-10-8-27(9-11-28)25-41-19-22-47(44,45)23-20-41)39-35(43)38-31-12-13-32(30-7-5-4-6-29(30)31)46-21-16-26-14-17-37-18-15-26;1-32(2,3)29-22-30(38(36-29)27-8-4-25(5-9-27)23-37-17-20-43(40,41)21-18-37)35-31(39)34-26-6-10-28(11-7-26)42-19-14-24-12-15-33-16-13-24/h4-15,17-18,24H,16,19-23,25H2,1-3H3,(H2,38,39,43);4-13,15-16,22H,14,17-21,23H2,1-3H3,(H2,34,35,39). The zero-order chi connectivity index (χ0) is 63.5. The number of hydrogen-bond donors (Lipinski definition) is 4. The number of nitrogens with zero attached hydrogens (tertiary/aromatic N) is 8. The number of rotatable bonds is 18. The molecule has 0 radical (unpaired) electrons. The van der Waals surface area contributed by atoms with Crippen molar-refractivity contribution in [2.75, 3.05) is 83.7 Å². The van der Waals surface area contributed by atoms with Gasteiger partial charge in [0.2, 0.25) is 0 Å². The summed E-state index contributed by atoms with van der Waals surface area (Å²) in [6.45, 7) is 17.1. The van der Waals surface area contributed by atoms with E-state index in [-0.39, 0.29) is 45.9 Å². The normalized spacial score (nSPS) is 15.0. The number of urea groups is 2. The average Bonchev–Trinajstić information content (AvgIpc) is 2.15. The van der Waals surface area contributed by atoms with Crippen LogP contribution in [0, 0.1) is 0 Å². The Labute approximate surface area is 526 Å². The van der Waals surface area contributed by atoms with Gasteiger partial charge in [0, 0.05) is 116 Å². The maximum absolute atomic E-state index is 13.5. The van der Waals surface area contributed by atoms with Gasteiger partial charge in [-0.3, -0.25) is 30.4 Å². The van der Waals surface area contributed by atoms with Gasteiger partial charge in [-0.05, 0) is 107 Å². The molecule has 20 nitrogen and oxygen atoms in total. The fraction of sp³-hybridized carbons (Fsp3) is 0.324. The Balaban J connectivity index is 0.000000199. The number of pyridine rings is 2. The van der Waals surface area contributed by atoms with Crippen molar-refractivity contribution < 1.29 is 35.9 Å². The van der Waals surface area contributed by atoms with E-state index in [1.54, 1.807) is 46.3 Å². The van der Waals surface area contributed by atoms with Gasteiger partial charge in [-0.2, -0.15) is 10.2 Å². The second kappa shape index (κ2) is 28.3. The molecule has 5 aromatic carbocycles. The molecule has 0 atom stereocenters. The molecule has 11 rings (SSSR count). The summed E-state index contributed by atoms with van der Waals surface area (Å²) < 4.78 is 62.6. The molecule has 0 spiro atoms. The molecular formula is C68H78N12O8S2. The summed E-state index contributed by atoms with van der Waals surface area (Å²) in [4.78, 5) is 38.9. The van der Waals surface area contributed by atoms with Crippen LogP contribution in [0.3, 0.4) is 0 Å². The molecule has 0 saturated carbocycles. The number of anilines is 4. The van der Waals surface area contributed by atoms with E-state index in [1.807, 2.05) is 133 Å². The number of ether oxygens (including phenoxy) is 2. The summed E-state index contributed by atoms with van der Waals surface area (Å²) in [5, 5.41) is 23.3. The maximum atomic E-state index is 13.5. The molecule has 6 heterocycles. The van der Waals surface area contributed by atoms with Gasteiger partial charge in [-0.1, -0.05) is 90.1 Å². The highest BCUT2D eigenvalue weighted by atomic mass is 32.2. The lowest BCUT2D eigenvalue weighted by Crippen LogP contribution is -2.39. The number of benzene rings is 5. The highest BCUT2D eigenvalue weighted by Gasteiger charge is 2.26. The first-order chi connectivity index (χ1) is 43.1. The molecule has 2 fully saturated rings. The highest BCUT2D eigenvalue weighted by molar-refractivity contribution is 7.91. The van der Waals surface area contributed by atoms with Gasteiger partial charge in [-0.25, -0.2) is 35.8 Å². The fourth-order valence-electron chi connectivity index (χ4n) is 10.2. The Kier molecular flexibility index (Phi) is 20.1. The zero-order valence-corrected chi connectivity index (χ0v) is 53.4. The van der Waals surface area contributed by atoms with E-state index in [2.05, 4.69) is 82.6 Å². The molecular weight excluding hydrogens is 1180 g/mol. The van der Waals surface area contributed by atoms with Crippen LogP contribution in [-0.2, 0) is 56.4 Å². The molecule has 0 bridgehead atoms. The van der Waals surface area contributed by atoms with Crippen molar-refractivity contribution in [3.8, 4) is 22.9 Å². The smallest absolute Gasteiger partial charge is 0.324 e. The molecule has 470 valence electrons. The summed E-state index contributed by atoms with van der Waals surface area (Å²) >= 11 is 0. The van der Waals surface area contributed by atoms with Crippen molar-refractivity contribution >= 4 is 65.5 Å². The predicted octanol–water partition coefficient (Wildman–Crippen LogP) is 11.3. The first-order valence-electron chi connectivity index (χ1n) is 30.1. The van der Waals surface area contributed by atoms with Crippen LogP contribution in [0.2, 0.25) is 0 Å². The third-order valence-electron chi connectivity index (χ3n) is 15.5. The number of carbonyl (C=O) groups is 2. The predicted molar refractivity (Wildman–Crippen MR) is 355 cm³/mol. The van der Waals surface area contributed by atoms with E-state index in [0.29, 0.717) is 75.5 Å². The van der Waals surface area contributed by atoms with Gasteiger partial charge in [0.05, 0.1) is 64.7 Å². The summed E-state index contributed by atoms with van der Waals surface area (Å²) in [6.07, 6.45) is 8.63. The van der Waals surface area contributed by atoms with E-state index >= 15 is 0 Å². The Bertz CT molecular complexity index is 4110. The van der Waals surface area contributed by atoms with Crippen molar-refractivity contribution in [1.82, 2.24) is 39.3 Å². The Morgan fingerprint density at radius 1 is 0.478 bits per heavy atom. The van der Waals surface area contributed by atoms with Crippen LogP contribution in [0.5, 0.6) is 11.5 Å². The van der Waals surface area contributed by atoms with E-state index < -0.39 is 19.7 Å². The zero-order valence-electron chi connectivity index (χ0n) is 51.7. The van der Waals surface area contributed by atoms with E-state index in [9.17, 15) is 26.4 Å². The molecule has 0 unspecified atom stereocenters. The monoisotopic (exact) mass is 1250 g/mol. The average molecular weight is 1260 g/mol. The lowest BCUT2D eigenvalue weighted by Gasteiger charge is -2.26. The Morgan fingerprint density at radius 3 is 1.37 bits per heavy atom. The Hall–Kier alpha value is -8.96. The fourth-order valence-corrected chi connectivity index (χ4v) is 12.8. The number of nitrogens with one attached hydrogen (secondary N) is 4. The molecule has 90 heavy (non-hydrogen) atoms. The summed E-state index contributed by atoms with van der Waals surface area (Å²) in [7, 11) is -5.83. The largest absolute Gasteiger partial charge is 0.493 e.